The van der Waals surface area contributed by atoms with E-state index in [1.54, 1.807) is 0 Å². The van der Waals surface area contributed by atoms with Gasteiger partial charge in [-0.2, -0.15) is 0 Å². The second kappa shape index (κ2) is 6.39. The third-order valence-electron chi connectivity index (χ3n) is 4.25. The van der Waals surface area contributed by atoms with Crippen LogP contribution < -0.4 is 5.32 Å². The van der Waals surface area contributed by atoms with Crippen LogP contribution in [0.5, 0.6) is 0 Å². The first-order chi connectivity index (χ1) is 8.33. The van der Waals surface area contributed by atoms with Gasteiger partial charge in [-0.1, -0.05) is 19.3 Å². The quantitative estimate of drug-likeness (QED) is 0.769. The number of rotatable bonds is 3. The van der Waals surface area contributed by atoms with Crippen molar-refractivity contribution in [2.75, 3.05) is 13.2 Å². The van der Waals surface area contributed by atoms with Crippen LogP contribution in [0.3, 0.4) is 0 Å². The van der Waals surface area contributed by atoms with Crippen molar-refractivity contribution in [1.82, 2.24) is 5.32 Å². The van der Waals surface area contributed by atoms with Crippen LogP contribution in [0.15, 0.2) is 0 Å². The van der Waals surface area contributed by atoms with Crippen molar-refractivity contribution in [3.63, 3.8) is 0 Å². The van der Waals surface area contributed by atoms with E-state index < -0.39 is 0 Å². The molecular formula is C14H25NO2. The molecule has 1 aliphatic heterocycles. The molecule has 1 saturated heterocycles. The average Bonchev–Trinajstić information content (AvgIpc) is 2.40. The fraction of sp³-hybridized carbons (Fsp3) is 0.929. The smallest absolute Gasteiger partial charge is 0.310 e. The fourth-order valence-corrected chi connectivity index (χ4v) is 3.41. The van der Waals surface area contributed by atoms with Gasteiger partial charge in [0.05, 0.1) is 12.5 Å². The summed E-state index contributed by atoms with van der Waals surface area (Å²) in [6, 6.07) is 0.378. The molecule has 0 radical (unpaired) electrons. The zero-order valence-corrected chi connectivity index (χ0v) is 10.9. The Labute approximate surface area is 104 Å². The van der Waals surface area contributed by atoms with Gasteiger partial charge in [0.2, 0.25) is 0 Å². The molecule has 2 fully saturated rings. The molecule has 3 nitrogen and oxygen atoms in total. The monoisotopic (exact) mass is 239 g/mol. The van der Waals surface area contributed by atoms with E-state index in [2.05, 4.69) is 5.32 Å². The number of ether oxygens (including phenoxy) is 1. The first kappa shape index (κ1) is 12.9. The molecule has 0 spiro atoms. The number of nitrogens with one attached hydrogen (secondary N) is 1. The van der Waals surface area contributed by atoms with Gasteiger partial charge in [0.1, 0.15) is 0 Å². The summed E-state index contributed by atoms with van der Waals surface area (Å²) in [5, 5.41) is 3.58. The maximum absolute atomic E-state index is 12.0. The van der Waals surface area contributed by atoms with Crippen molar-refractivity contribution in [1.29, 1.82) is 0 Å². The van der Waals surface area contributed by atoms with Crippen molar-refractivity contribution in [2.45, 2.75) is 57.9 Å². The second-order valence-electron chi connectivity index (χ2n) is 5.38. The summed E-state index contributed by atoms with van der Waals surface area (Å²) in [7, 11) is 0. The van der Waals surface area contributed by atoms with Crippen molar-refractivity contribution in [3.8, 4) is 0 Å². The van der Waals surface area contributed by atoms with Crippen molar-refractivity contribution in [3.05, 3.63) is 0 Å². The zero-order chi connectivity index (χ0) is 12.1. The van der Waals surface area contributed by atoms with Gasteiger partial charge in [-0.3, -0.25) is 4.79 Å². The van der Waals surface area contributed by atoms with E-state index in [1.165, 1.54) is 32.1 Å². The first-order valence-electron chi connectivity index (χ1n) is 7.23. The normalized spacial score (nSPS) is 31.1. The van der Waals surface area contributed by atoms with Crippen LogP contribution in [0.4, 0.5) is 0 Å². The molecule has 0 aromatic carbocycles. The lowest BCUT2D eigenvalue weighted by molar-refractivity contribution is -0.150. The number of carbonyl (C=O) groups excluding carboxylic acids is 1. The van der Waals surface area contributed by atoms with E-state index in [0.29, 0.717) is 18.6 Å². The largest absolute Gasteiger partial charge is 0.466 e. The molecule has 2 rings (SSSR count). The summed E-state index contributed by atoms with van der Waals surface area (Å²) in [5.41, 5.74) is 0. The Kier molecular flexibility index (Phi) is 4.84. The van der Waals surface area contributed by atoms with Crippen LogP contribution in [-0.4, -0.2) is 25.2 Å². The second-order valence-corrected chi connectivity index (χ2v) is 5.38. The molecular weight excluding hydrogens is 214 g/mol. The number of hydrogen-bond donors (Lipinski definition) is 1. The molecule has 17 heavy (non-hydrogen) atoms. The van der Waals surface area contributed by atoms with E-state index in [0.717, 1.165) is 19.4 Å². The molecule has 2 unspecified atom stereocenters. The van der Waals surface area contributed by atoms with E-state index in [9.17, 15) is 4.79 Å². The van der Waals surface area contributed by atoms with E-state index >= 15 is 0 Å². The fourth-order valence-electron chi connectivity index (χ4n) is 3.41. The predicted octanol–water partition coefficient (Wildman–Crippen LogP) is 2.50. The Bertz CT molecular complexity index is 249. The topological polar surface area (TPSA) is 38.3 Å². The summed E-state index contributed by atoms with van der Waals surface area (Å²) >= 11 is 0. The van der Waals surface area contributed by atoms with Crippen molar-refractivity contribution < 1.29 is 9.53 Å². The van der Waals surface area contributed by atoms with Crippen molar-refractivity contribution >= 4 is 5.97 Å². The number of hydrogen-bond acceptors (Lipinski definition) is 3. The maximum atomic E-state index is 12.0. The van der Waals surface area contributed by atoms with Gasteiger partial charge in [-0.05, 0) is 45.1 Å². The third kappa shape index (κ3) is 3.21. The first-order valence-corrected chi connectivity index (χ1v) is 7.23. The standard InChI is InChI=1S/C14H25NO2/c1-2-17-14(16)12-9-6-10-15-13(12)11-7-4-3-5-8-11/h11-13,15H,2-10H2,1H3. The molecule has 2 atom stereocenters. The lowest BCUT2D eigenvalue weighted by Gasteiger charge is -2.38. The summed E-state index contributed by atoms with van der Waals surface area (Å²) in [6.45, 7) is 3.47. The third-order valence-corrected chi connectivity index (χ3v) is 4.25. The van der Waals surface area contributed by atoms with E-state index in [4.69, 9.17) is 4.74 Å². The highest BCUT2D eigenvalue weighted by atomic mass is 16.5. The summed E-state index contributed by atoms with van der Waals surface area (Å²) in [5.74, 6) is 0.820. The molecule has 0 aromatic heterocycles. The number of esters is 1. The minimum Gasteiger partial charge on any atom is -0.466 e. The van der Waals surface area contributed by atoms with Gasteiger partial charge >= 0.3 is 5.97 Å². The number of piperidine rings is 1. The van der Waals surface area contributed by atoms with Gasteiger partial charge in [0.25, 0.3) is 0 Å². The van der Waals surface area contributed by atoms with Gasteiger partial charge in [-0.25, -0.2) is 0 Å². The highest BCUT2D eigenvalue weighted by molar-refractivity contribution is 5.73. The molecule has 1 N–H and O–H groups in total. The average molecular weight is 239 g/mol. The number of carbonyl (C=O) groups is 1. The summed E-state index contributed by atoms with van der Waals surface area (Å²) in [4.78, 5) is 12.0. The minimum atomic E-state index is 0.0234. The van der Waals surface area contributed by atoms with Crippen LogP contribution in [0.25, 0.3) is 0 Å². The lowest BCUT2D eigenvalue weighted by Crippen LogP contribution is -2.50. The highest BCUT2D eigenvalue weighted by Gasteiger charge is 2.37. The molecule has 1 heterocycles. The Morgan fingerprint density at radius 3 is 2.65 bits per heavy atom. The van der Waals surface area contributed by atoms with Crippen LogP contribution >= 0.6 is 0 Å². The maximum Gasteiger partial charge on any atom is 0.310 e. The van der Waals surface area contributed by atoms with E-state index in [-0.39, 0.29) is 11.9 Å². The summed E-state index contributed by atoms with van der Waals surface area (Å²) < 4.78 is 5.22. The molecule has 0 bridgehead atoms. The highest BCUT2D eigenvalue weighted by Crippen LogP contribution is 2.33. The lowest BCUT2D eigenvalue weighted by atomic mass is 9.76. The summed E-state index contributed by atoms with van der Waals surface area (Å²) in [6.07, 6.45) is 8.71. The Hall–Kier alpha value is -0.570. The molecule has 0 aromatic rings. The van der Waals surface area contributed by atoms with Crippen LogP contribution in [-0.2, 0) is 9.53 Å². The van der Waals surface area contributed by atoms with E-state index in [1.807, 2.05) is 6.92 Å². The SMILES string of the molecule is CCOC(=O)C1CCCNC1C1CCCCC1. The Morgan fingerprint density at radius 1 is 1.18 bits per heavy atom. The zero-order valence-electron chi connectivity index (χ0n) is 10.9. The molecule has 1 saturated carbocycles. The van der Waals surface area contributed by atoms with Crippen LogP contribution in [0.2, 0.25) is 0 Å². The Morgan fingerprint density at radius 2 is 1.94 bits per heavy atom. The van der Waals surface area contributed by atoms with Gasteiger partial charge in [0.15, 0.2) is 0 Å². The Balaban J connectivity index is 1.97. The molecule has 2 aliphatic rings. The van der Waals surface area contributed by atoms with Gasteiger partial charge in [0, 0.05) is 6.04 Å². The van der Waals surface area contributed by atoms with Gasteiger partial charge < -0.3 is 10.1 Å². The molecule has 98 valence electrons. The van der Waals surface area contributed by atoms with Crippen molar-refractivity contribution in [2.24, 2.45) is 11.8 Å². The minimum absolute atomic E-state index is 0.0234. The molecule has 0 amide bonds. The van der Waals surface area contributed by atoms with Gasteiger partial charge in [-0.15, -0.1) is 0 Å². The van der Waals surface area contributed by atoms with Crippen LogP contribution in [0, 0.1) is 11.8 Å². The molecule has 1 aliphatic carbocycles. The predicted molar refractivity (Wildman–Crippen MR) is 67.7 cm³/mol. The molecule has 3 heteroatoms. The van der Waals surface area contributed by atoms with Crippen LogP contribution in [0.1, 0.15) is 51.9 Å².